The highest BCUT2D eigenvalue weighted by Gasteiger charge is 2.22. The van der Waals surface area contributed by atoms with Gasteiger partial charge in [-0.1, -0.05) is 176 Å². The van der Waals surface area contributed by atoms with Gasteiger partial charge in [-0.25, -0.2) is 9.97 Å². The van der Waals surface area contributed by atoms with Crippen LogP contribution in [0.3, 0.4) is 0 Å². The fourth-order valence-electron chi connectivity index (χ4n) is 8.89. The van der Waals surface area contributed by atoms with Crippen LogP contribution in [-0.4, -0.2) is 9.97 Å². The van der Waals surface area contributed by atoms with Gasteiger partial charge in [-0.2, -0.15) is 0 Å². The van der Waals surface area contributed by atoms with Crippen molar-refractivity contribution >= 4 is 84.6 Å². The molecule has 0 aliphatic heterocycles. The van der Waals surface area contributed by atoms with E-state index in [1.165, 1.54) is 67.6 Å². The van der Waals surface area contributed by atoms with Crippen LogP contribution in [0.5, 0.6) is 0 Å². The van der Waals surface area contributed by atoms with Crippen molar-refractivity contribution in [3.8, 4) is 56.2 Å². The van der Waals surface area contributed by atoms with Gasteiger partial charge < -0.3 is 0 Å². The van der Waals surface area contributed by atoms with E-state index in [-0.39, 0.29) is 0 Å². The van der Waals surface area contributed by atoms with Crippen molar-refractivity contribution in [3.63, 3.8) is 0 Å². The van der Waals surface area contributed by atoms with Gasteiger partial charge in [-0.05, 0) is 62.0 Å². The van der Waals surface area contributed by atoms with E-state index in [2.05, 4.69) is 194 Å². The van der Waals surface area contributed by atoms with Gasteiger partial charge in [-0.15, -0.1) is 22.7 Å². The molecule has 0 atom stereocenters. The SMILES string of the molecule is c1ccc(-c2cccc3c(-c4nc(-c5cccc6c5sc5ccccc56)cc(-c5cccc6c5sc5ccccc56)n4)c(-c4cccc5ccccc45)ccc23)cc1. The normalized spacial score (nSPS) is 11.8. The summed E-state index contributed by atoms with van der Waals surface area (Å²) in [5.74, 6) is 0.711. The topological polar surface area (TPSA) is 25.8 Å². The van der Waals surface area contributed by atoms with Crippen LogP contribution in [0.1, 0.15) is 0 Å². The van der Waals surface area contributed by atoms with Crippen molar-refractivity contribution in [2.24, 2.45) is 0 Å². The molecule has 4 heteroatoms. The van der Waals surface area contributed by atoms with Gasteiger partial charge in [0.15, 0.2) is 5.82 Å². The fraction of sp³-hybridized carbons (Fsp3) is 0. The molecule has 0 spiro atoms. The number of rotatable bonds is 5. The summed E-state index contributed by atoms with van der Waals surface area (Å²) in [6, 6.07) is 70.2. The number of thiophene rings is 2. The molecular weight excluding hydrogens is 741 g/mol. The highest BCUT2D eigenvalue weighted by molar-refractivity contribution is 7.26. The average molecular weight is 773 g/mol. The lowest BCUT2D eigenvalue weighted by molar-refractivity contribution is 1.19. The minimum Gasteiger partial charge on any atom is -0.228 e. The maximum atomic E-state index is 5.66. The molecule has 270 valence electrons. The molecule has 0 fully saturated rings. The molecular formula is C54H32N2S2. The molecule has 3 aromatic heterocycles. The summed E-state index contributed by atoms with van der Waals surface area (Å²) >= 11 is 3.67. The Morgan fingerprint density at radius 1 is 0.310 bits per heavy atom. The summed E-state index contributed by atoms with van der Waals surface area (Å²) < 4.78 is 5.02. The largest absolute Gasteiger partial charge is 0.228 e. The maximum absolute atomic E-state index is 5.66. The zero-order chi connectivity index (χ0) is 38.2. The molecule has 0 N–H and O–H groups in total. The van der Waals surface area contributed by atoms with E-state index in [0.29, 0.717) is 5.82 Å². The molecule has 12 rings (SSSR count). The minimum atomic E-state index is 0.711. The van der Waals surface area contributed by atoms with Crippen molar-refractivity contribution in [2.45, 2.75) is 0 Å². The highest BCUT2D eigenvalue weighted by atomic mass is 32.1. The fourth-order valence-corrected chi connectivity index (χ4v) is 11.3. The van der Waals surface area contributed by atoms with E-state index < -0.39 is 0 Å². The van der Waals surface area contributed by atoms with E-state index in [0.717, 1.165) is 44.6 Å². The van der Waals surface area contributed by atoms with Crippen LogP contribution < -0.4 is 0 Å². The molecule has 0 bridgehead atoms. The summed E-state index contributed by atoms with van der Waals surface area (Å²) in [4.78, 5) is 11.3. The van der Waals surface area contributed by atoms with Crippen molar-refractivity contribution in [2.75, 3.05) is 0 Å². The minimum absolute atomic E-state index is 0.711. The van der Waals surface area contributed by atoms with Crippen LogP contribution in [0.15, 0.2) is 194 Å². The lowest BCUT2D eigenvalue weighted by Crippen LogP contribution is -1.99. The quantitative estimate of drug-likeness (QED) is 0.174. The number of hydrogen-bond donors (Lipinski definition) is 0. The van der Waals surface area contributed by atoms with Crippen molar-refractivity contribution in [1.82, 2.24) is 9.97 Å². The van der Waals surface area contributed by atoms with Gasteiger partial charge in [0.25, 0.3) is 0 Å². The van der Waals surface area contributed by atoms with Crippen LogP contribution in [-0.2, 0) is 0 Å². The van der Waals surface area contributed by atoms with Crippen molar-refractivity contribution in [3.05, 3.63) is 194 Å². The first-order valence-electron chi connectivity index (χ1n) is 19.6. The first-order valence-corrected chi connectivity index (χ1v) is 21.2. The molecule has 0 saturated heterocycles. The lowest BCUT2D eigenvalue weighted by atomic mass is 9.88. The van der Waals surface area contributed by atoms with E-state index in [9.17, 15) is 0 Å². The smallest absolute Gasteiger partial charge is 0.161 e. The molecule has 2 nitrogen and oxygen atoms in total. The van der Waals surface area contributed by atoms with Crippen molar-refractivity contribution in [1.29, 1.82) is 0 Å². The summed E-state index contributed by atoms with van der Waals surface area (Å²) in [7, 11) is 0. The summed E-state index contributed by atoms with van der Waals surface area (Å²) in [5.41, 5.74) is 9.72. The number of benzene rings is 9. The molecule has 3 heterocycles. The van der Waals surface area contributed by atoms with E-state index in [1.807, 2.05) is 22.7 Å². The van der Waals surface area contributed by atoms with E-state index in [1.54, 1.807) is 0 Å². The van der Waals surface area contributed by atoms with Crippen LogP contribution in [0.2, 0.25) is 0 Å². The Morgan fingerprint density at radius 3 is 1.48 bits per heavy atom. The average Bonchev–Trinajstić information content (AvgIpc) is 3.87. The first-order chi connectivity index (χ1) is 28.8. The maximum Gasteiger partial charge on any atom is 0.161 e. The standard InChI is InChI=1S/C54H32N2S2/c1-2-14-33(15-3-1)36-21-11-23-41-38(36)30-31-42(37-22-10-17-34-16-4-5-18-35(34)37)51(41)54-55-47(45-26-12-24-43-39-19-6-8-28-49(39)57-52(43)45)32-48(56-54)46-27-13-25-44-40-20-7-9-29-50(40)58-53(44)46/h1-32H. The molecule has 0 radical (unpaired) electrons. The number of aromatic nitrogens is 2. The second-order valence-electron chi connectivity index (χ2n) is 14.8. The summed E-state index contributed by atoms with van der Waals surface area (Å²) in [6.45, 7) is 0. The second-order valence-corrected chi connectivity index (χ2v) is 16.9. The number of hydrogen-bond acceptors (Lipinski definition) is 4. The van der Waals surface area contributed by atoms with Gasteiger partial charge in [0, 0.05) is 57.0 Å². The van der Waals surface area contributed by atoms with Crippen LogP contribution in [0.25, 0.3) is 118 Å². The van der Waals surface area contributed by atoms with Gasteiger partial charge >= 0.3 is 0 Å². The molecule has 0 amide bonds. The van der Waals surface area contributed by atoms with Gasteiger partial charge in [0.1, 0.15) is 0 Å². The zero-order valence-electron chi connectivity index (χ0n) is 31.2. The highest BCUT2D eigenvalue weighted by Crippen LogP contribution is 2.46. The molecule has 9 aromatic carbocycles. The Bertz CT molecular complexity index is 3440. The van der Waals surface area contributed by atoms with E-state index >= 15 is 0 Å². The van der Waals surface area contributed by atoms with Gasteiger partial charge in [0.2, 0.25) is 0 Å². The molecule has 12 aromatic rings. The second kappa shape index (κ2) is 13.3. The molecule has 58 heavy (non-hydrogen) atoms. The molecule has 0 unspecified atom stereocenters. The molecule has 0 aliphatic rings. The zero-order valence-corrected chi connectivity index (χ0v) is 32.8. The first kappa shape index (κ1) is 33.2. The van der Waals surface area contributed by atoms with Crippen molar-refractivity contribution < 1.29 is 0 Å². The number of nitrogens with zero attached hydrogens (tertiary/aromatic N) is 2. The summed E-state index contributed by atoms with van der Waals surface area (Å²) in [6.07, 6.45) is 0. The van der Waals surface area contributed by atoms with E-state index in [4.69, 9.17) is 9.97 Å². The third-order valence-electron chi connectivity index (χ3n) is 11.5. The van der Waals surface area contributed by atoms with Gasteiger partial charge in [-0.3, -0.25) is 0 Å². The Labute approximate surface area is 343 Å². The van der Waals surface area contributed by atoms with Crippen LogP contribution >= 0.6 is 22.7 Å². The Kier molecular flexibility index (Phi) is 7.62. The Morgan fingerprint density at radius 2 is 0.810 bits per heavy atom. The number of fused-ring (bicyclic) bond motifs is 8. The van der Waals surface area contributed by atoms with Gasteiger partial charge in [0.05, 0.1) is 11.4 Å². The Balaban J connectivity index is 1.21. The predicted octanol–water partition coefficient (Wildman–Crippen LogP) is 15.9. The monoisotopic (exact) mass is 772 g/mol. The molecule has 0 saturated carbocycles. The predicted molar refractivity (Wildman–Crippen MR) is 250 cm³/mol. The third kappa shape index (κ3) is 5.23. The lowest BCUT2D eigenvalue weighted by Gasteiger charge is -2.18. The Hall–Kier alpha value is -6.98. The van der Waals surface area contributed by atoms with Crippen LogP contribution in [0.4, 0.5) is 0 Å². The third-order valence-corrected chi connectivity index (χ3v) is 14.0. The summed E-state index contributed by atoms with van der Waals surface area (Å²) in [5, 5.41) is 9.74. The van der Waals surface area contributed by atoms with Crippen LogP contribution in [0, 0.1) is 0 Å². The molecule has 0 aliphatic carbocycles.